The Balaban J connectivity index is 1.45. The zero-order valence-corrected chi connectivity index (χ0v) is 17.6. The highest BCUT2D eigenvalue weighted by molar-refractivity contribution is 5.88. The van der Waals surface area contributed by atoms with Gasteiger partial charge in [-0.2, -0.15) is 0 Å². The molecule has 0 spiro atoms. The Hall–Kier alpha value is -1.92. The minimum atomic E-state index is -0.511. The molecular weight excluding hydrogens is 380 g/mol. The van der Waals surface area contributed by atoms with E-state index in [-0.39, 0.29) is 29.8 Å². The van der Waals surface area contributed by atoms with Gasteiger partial charge in [-0.1, -0.05) is 30.3 Å². The lowest BCUT2D eigenvalue weighted by atomic mass is 9.69. The molecule has 2 amide bonds. The Labute approximate surface area is 178 Å². The minimum Gasteiger partial charge on any atom is -0.381 e. The highest BCUT2D eigenvalue weighted by Gasteiger charge is 2.62. The number of carbonyl (C=O) groups excluding carboxylic acids is 2. The number of amides is 2. The summed E-state index contributed by atoms with van der Waals surface area (Å²) in [5.41, 5.74) is 0.674. The second-order valence-corrected chi connectivity index (χ2v) is 9.31. The van der Waals surface area contributed by atoms with Gasteiger partial charge < -0.3 is 19.3 Å². The molecule has 0 unspecified atom stereocenters. The average molecular weight is 413 g/mol. The predicted octanol–water partition coefficient (Wildman–Crippen LogP) is 2.26. The van der Waals surface area contributed by atoms with Crippen LogP contribution in [0.4, 0.5) is 0 Å². The van der Waals surface area contributed by atoms with Crippen molar-refractivity contribution in [2.45, 2.75) is 50.6 Å². The lowest BCUT2D eigenvalue weighted by molar-refractivity contribution is -0.150. The van der Waals surface area contributed by atoms with E-state index in [9.17, 15) is 9.59 Å². The summed E-state index contributed by atoms with van der Waals surface area (Å²) in [7, 11) is 0. The van der Waals surface area contributed by atoms with Gasteiger partial charge in [0.15, 0.2) is 0 Å². The van der Waals surface area contributed by atoms with E-state index >= 15 is 0 Å². The first-order valence-corrected chi connectivity index (χ1v) is 11.5. The molecule has 0 radical (unpaired) electrons. The fourth-order valence-electron chi connectivity index (χ4n) is 6.21. The topological polar surface area (TPSA) is 59.1 Å². The van der Waals surface area contributed by atoms with Crippen molar-refractivity contribution in [1.82, 2.24) is 9.80 Å². The summed E-state index contributed by atoms with van der Waals surface area (Å²) in [5, 5.41) is 0. The summed E-state index contributed by atoms with van der Waals surface area (Å²) in [6, 6.07) is 10.5. The van der Waals surface area contributed by atoms with E-state index < -0.39 is 5.41 Å². The van der Waals surface area contributed by atoms with Crippen LogP contribution in [0, 0.1) is 11.3 Å². The van der Waals surface area contributed by atoms with E-state index in [4.69, 9.17) is 9.47 Å². The van der Waals surface area contributed by atoms with Gasteiger partial charge in [-0.25, -0.2) is 0 Å². The first-order chi connectivity index (χ1) is 14.7. The summed E-state index contributed by atoms with van der Waals surface area (Å²) in [4.78, 5) is 31.6. The largest absolute Gasteiger partial charge is 0.381 e. The predicted molar refractivity (Wildman–Crippen MR) is 112 cm³/mol. The lowest BCUT2D eigenvalue weighted by Gasteiger charge is -2.41. The number of rotatable bonds is 4. The van der Waals surface area contributed by atoms with Crippen molar-refractivity contribution in [3.8, 4) is 0 Å². The van der Waals surface area contributed by atoms with E-state index in [1.165, 1.54) is 5.56 Å². The molecule has 5 rings (SSSR count). The Morgan fingerprint density at radius 1 is 0.933 bits per heavy atom. The summed E-state index contributed by atoms with van der Waals surface area (Å²) >= 11 is 0. The van der Waals surface area contributed by atoms with Crippen LogP contribution in [-0.4, -0.2) is 73.2 Å². The van der Waals surface area contributed by atoms with Gasteiger partial charge in [0.25, 0.3) is 0 Å². The van der Waals surface area contributed by atoms with Crippen LogP contribution in [0.25, 0.3) is 0 Å². The summed E-state index contributed by atoms with van der Waals surface area (Å²) in [5.74, 6) is 0.537. The van der Waals surface area contributed by atoms with Crippen molar-refractivity contribution in [3.05, 3.63) is 35.9 Å². The molecule has 6 heteroatoms. The van der Waals surface area contributed by atoms with Crippen molar-refractivity contribution in [2.75, 3.05) is 39.5 Å². The normalized spacial score (nSPS) is 31.9. The molecular formula is C24H32N2O4. The monoisotopic (exact) mass is 412 g/mol. The molecule has 4 aliphatic rings. The Kier molecular flexibility index (Phi) is 5.54. The molecule has 6 nitrogen and oxygen atoms in total. The molecule has 0 saturated carbocycles. The second kappa shape index (κ2) is 8.31. The first kappa shape index (κ1) is 20.0. The molecule has 0 aliphatic carbocycles. The number of ether oxygens (including phenoxy) is 2. The number of benzene rings is 1. The van der Waals surface area contributed by atoms with Gasteiger partial charge >= 0.3 is 0 Å². The number of hydrogen-bond donors (Lipinski definition) is 0. The van der Waals surface area contributed by atoms with Crippen LogP contribution in [-0.2, 0) is 25.5 Å². The fraction of sp³-hybridized carbons (Fsp3) is 0.667. The first-order valence-electron chi connectivity index (χ1n) is 11.5. The Bertz CT molecular complexity index is 773. The summed E-state index contributed by atoms with van der Waals surface area (Å²) < 4.78 is 11.0. The molecule has 162 valence electrons. The van der Waals surface area contributed by atoms with Gasteiger partial charge in [-0.15, -0.1) is 0 Å². The maximum absolute atomic E-state index is 14.0. The third kappa shape index (κ3) is 3.44. The molecule has 2 bridgehead atoms. The maximum Gasteiger partial charge on any atom is 0.231 e. The van der Waals surface area contributed by atoms with Crippen LogP contribution in [0.15, 0.2) is 30.3 Å². The molecule has 30 heavy (non-hydrogen) atoms. The van der Waals surface area contributed by atoms with E-state index in [0.29, 0.717) is 45.9 Å². The molecule has 1 aromatic carbocycles. The Morgan fingerprint density at radius 2 is 1.63 bits per heavy atom. The highest BCUT2D eigenvalue weighted by atomic mass is 16.5. The SMILES string of the molecule is O=C(C1CCOCC1)N1[C@@H]2CC[C@H]1[C@@](Cc1ccccc1)(C(=O)N1CCOCC1)C2. The quantitative estimate of drug-likeness (QED) is 0.761. The third-order valence-electron chi connectivity index (χ3n) is 7.65. The molecule has 4 saturated heterocycles. The zero-order chi connectivity index (χ0) is 20.6. The van der Waals surface area contributed by atoms with Crippen LogP contribution in [0.1, 0.15) is 37.7 Å². The summed E-state index contributed by atoms with van der Waals surface area (Å²) in [6.07, 6.45) is 5.06. The molecule has 3 atom stereocenters. The second-order valence-electron chi connectivity index (χ2n) is 9.31. The van der Waals surface area contributed by atoms with E-state index in [0.717, 1.165) is 32.1 Å². The number of hydrogen-bond acceptors (Lipinski definition) is 4. The van der Waals surface area contributed by atoms with Crippen molar-refractivity contribution in [2.24, 2.45) is 11.3 Å². The van der Waals surface area contributed by atoms with Gasteiger partial charge in [0, 0.05) is 44.3 Å². The number of morpholine rings is 1. The van der Waals surface area contributed by atoms with Gasteiger partial charge in [0.1, 0.15) is 0 Å². The molecule has 4 aliphatic heterocycles. The van der Waals surface area contributed by atoms with Crippen LogP contribution in [0.3, 0.4) is 0 Å². The standard InChI is InChI=1S/C24H32N2O4/c27-22(19-8-12-29-13-9-19)26-20-6-7-21(26)24(17-20,16-18-4-2-1-3-5-18)23(28)25-10-14-30-15-11-25/h1-5,19-21H,6-17H2/t20-,21+,24+/m1/s1. The zero-order valence-electron chi connectivity index (χ0n) is 17.6. The van der Waals surface area contributed by atoms with Crippen LogP contribution in [0.5, 0.6) is 0 Å². The van der Waals surface area contributed by atoms with Gasteiger partial charge in [-0.3, -0.25) is 9.59 Å². The van der Waals surface area contributed by atoms with Crippen molar-refractivity contribution >= 4 is 11.8 Å². The average Bonchev–Trinajstić information content (AvgIpc) is 3.36. The lowest BCUT2D eigenvalue weighted by Crippen LogP contribution is -2.55. The van der Waals surface area contributed by atoms with Crippen molar-refractivity contribution in [3.63, 3.8) is 0 Å². The number of nitrogens with zero attached hydrogens (tertiary/aromatic N) is 2. The molecule has 4 fully saturated rings. The van der Waals surface area contributed by atoms with Crippen molar-refractivity contribution in [1.29, 1.82) is 0 Å². The van der Waals surface area contributed by atoms with Gasteiger partial charge in [0.2, 0.25) is 11.8 Å². The molecule has 0 aromatic heterocycles. The van der Waals surface area contributed by atoms with E-state index in [2.05, 4.69) is 17.0 Å². The summed E-state index contributed by atoms with van der Waals surface area (Å²) in [6.45, 7) is 3.85. The van der Waals surface area contributed by atoms with E-state index in [1.54, 1.807) is 0 Å². The number of fused-ring (bicyclic) bond motifs is 2. The highest BCUT2D eigenvalue weighted by Crippen LogP contribution is 2.53. The number of carbonyl (C=O) groups is 2. The smallest absolute Gasteiger partial charge is 0.231 e. The molecule has 4 heterocycles. The third-order valence-corrected chi connectivity index (χ3v) is 7.65. The van der Waals surface area contributed by atoms with Crippen LogP contribution in [0.2, 0.25) is 0 Å². The van der Waals surface area contributed by atoms with Crippen LogP contribution < -0.4 is 0 Å². The maximum atomic E-state index is 14.0. The van der Waals surface area contributed by atoms with Gasteiger partial charge in [0.05, 0.1) is 18.6 Å². The Morgan fingerprint density at radius 3 is 2.37 bits per heavy atom. The molecule has 0 N–H and O–H groups in total. The van der Waals surface area contributed by atoms with Gasteiger partial charge in [-0.05, 0) is 44.1 Å². The van der Waals surface area contributed by atoms with Crippen molar-refractivity contribution < 1.29 is 19.1 Å². The van der Waals surface area contributed by atoms with Crippen LogP contribution >= 0.6 is 0 Å². The minimum absolute atomic E-state index is 0.00777. The fourth-order valence-corrected chi connectivity index (χ4v) is 6.21. The van der Waals surface area contributed by atoms with E-state index in [1.807, 2.05) is 23.1 Å². The molecule has 1 aromatic rings.